The van der Waals surface area contributed by atoms with Crippen molar-refractivity contribution < 1.29 is 20.1 Å². The van der Waals surface area contributed by atoms with Crippen LogP contribution < -0.4 is 0 Å². The summed E-state index contributed by atoms with van der Waals surface area (Å²) in [4.78, 5) is 13.2. The number of aryl methyl sites for hydroxylation is 6. The van der Waals surface area contributed by atoms with Crippen molar-refractivity contribution in [1.82, 2.24) is 15.0 Å². The second-order valence-corrected chi connectivity index (χ2v) is 15.1. The maximum absolute atomic E-state index is 4.39. The van der Waals surface area contributed by atoms with Gasteiger partial charge in [0.15, 0.2) is 0 Å². The van der Waals surface area contributed by atoms with E-state index in [-0.39, 0.29) is 20.1 Å². The monoisotopic (exact) mass is 967 g/mol. The molecule has 0 unspecified atom stereocenters. The van der Waals surface area contributed by atoms with Crippen molar-refractivity contribution in [3.63, 3.8) is 0 Å². The maximum atomic E-state index is 4.39. The van der Waals surface area contributed by atoms with E-state index in [1.54, 1.807) is 0 Å². The standard InChI is InChI=1S/3C19H16N.Ir/c3*1-14-9-10-15(2)18(12-14)16-6-5-7-17(13-16)19-8-3-4-11-20-19;/h3*3-6,8-13H,1-2H3;/q3*-1;+3. The first-order valence-corrected chi connectivity index (χ1v) is 20.2. The molecule has 0 atom stereocenters. The Balaban J connectivity index is 0.000000152. The Hall–Kier alpha value is -6.58. The molecule has 6 aromatic carbocycles. The third-order valence-corrected chi connectivity index (χ3v) is 10.3. The quantitative estimate of drug-likeness (QED) is 0.156. The van der Waals surface area contributed by atoms with Gasteiger partial charge in [-0.25, -0.2) is 0 Å². The smallest absolute Gasteiger partial charge is 0.305 e. The van der Waals surface area contributed by atoms with Crippen LogP contribution in [-0.4, -0.2) is 15.0 Å². The molecule has 0 fully saturated rings. The predicted molar refractivity (Wildman–Crippen MR) is 250 cm³/mol. The second-order valence-electron chi connectivity index (χ2n) is 15.1. The fourth-order valence-electron chi connectivity index (χ4n) is 7.05. The number of hydrogen-bond acceptors (Lipinski definition) is 3. The van der Waals surface area contributed by atoms with Gasteiger partial charge in [-0.2, -0.15) is 0 Å². The van der Waals surface area contributed by atoms with E-state index >= 15 is 0 Å². The topological polar surface area (TPSA) is 38.7 Å². The molecule has 3 heterocycles. The van der Waals surface area contributed by atoms with Crippen molar-refractivity contribution in [2.75, 3.05) is 0 Å². The molecule has 61 heavy (non-hydrogen) atoms. The third kappa shape index (κ3) is 11.6. The second kappa shape index (κ2) is 21.1. The van der Waals surface area contributed by atoms with Gasteiger partial charge in [0.05, 0.1) is 0 Å². The molecule has 0 aliphatic carbocycles. The average molecular weight is 967 g/mol. The average Bonchev–Trinajstić information content (AvgIpc) is 3.30. The van der Waals surface area contributed by atoms with Gasteiger partial charge in [-0.1, -0.05) is 108 Å². The molecule has 4 heteroatoms. The van der Waals surface area contributed by atoms with E-state index in [2.05, 4.69) is 166 Å². The number of aromatic nitrogens is 3. The Morgan fingerprint density at radius 2 is 0.623 bits per heavy atom. The molecule has 9 rings (SSSR count). The largest absolute Gasteiger partial charge is 3.00 e. The minimum Gasteiger partial charge on any atom is -0.305 e. The van der Waals surface area contributed by atoms with E-state index in [9.17, 15) is 0 Å². The zero-order valence-corrected chi connectivity index (χ0v) is 37.9. The fraction of sp³-hybridized carbons (Fsp3) is 0.105. The summed E-state index contributed by atoms with van der Waals surface area (Å²) < 4.78 is 0. The van der Waals surface area contributed by atoms with Crippen LogP contribution in [0.1, 0.15) is 33.4 Å². The van der Waals surface area contributed by atoms with E-state index in [4.69, 9.17) is 0 Å². The van der Waals surface area contributed by atoms with Gasteiger partial charge >= 0.3 is 20.1 Å². The van der Waals surface area contributed by atoms with Crippen LogP contribution >= 0.6 is 0 Å². The zero-order chi connectivity index (χ0) is 41.8. The molecule has 0 N–H and O–H groups in total. The molecular formula is C57H48IrN3. The van der Waals surface area contributed by atoms with Crippen LogP contribution in [-0.2, 0) is 20.1 Å². The van der Waals surface area contributed by atoms with Gasteiger partial charge in [-0.3, -0.25) is 0 Å². The van der Waals surface area contributed by atoms with Crippen LogP contribution in [0.2, 0.25) is 0 Å². The fourth-order valence-corrected chi connectivity index (χ4v) is 7.05. The van der Waals surface area contributed by atoms with Crippen molar-refractivity contribution in [3.8, 4) is 67.2 Å². The van der Waals surface area contributed by atoms with E-state index < -0.39 is 0 Å². The number of nitrogens with zero attached hydrogens (tertiary/aromatic N) is 3. The molecule has 0 aliphatic heterocycles. The summed E-state index contributed by atoms with van der Waals surface area (Å²) in [5.74, 6) is 0. The SMILES string of the molecule is Cc1ccc(C)c(-c2cc[c-]c(-c3ccccn3)c2)c1.Cc1ccc(C)c(-c2cc[c-]c(-c3ccccn3)c2)c1.Cc1ccc(C)c(-c2cc[c-]c(-c3ccccn3)c2)c1.[Ir+3]. The number of pyridine rings is 3. The van der Waals surface area contributed by atoms with E-state index in [1.807, 2.05) is 91.4 Å². The van der Waals surface area contributed by atoms with Crippen LogP contribution in [0, 0.1) is 59.7 Å². The molecule has 0 saturated carbocycles. The first-order valence-electron chi connectivity index (χ1n) is 20.2. The Labute approximate surface area is 375 Å². The van der Waals surface area contributed by atoms with Crippen LogP contribution in [0.5, 0.6) is 0 Å². The molecule has 0 aliphatic rings. The number of hydrogen-bond donors (Lipinski definition) is 0. The van der Waals surface area contributed by atoms with Gasteiger partial charge in [0, 0.05) is 18.6 Å². The number of rotatable bonds is 6. The van der Waals surface area contributed by atoms with Gasteiger partial charge in [0.1, 0.15) is 0 Å². The minimum atomic E-state index is 0. The Bertz CT molecular complexity index is 2510. The molecule has 3 nitrogen and oxygen atoms in total. The van der Waals surface area contributed by atoms with Gasteiger partial charge in [-0.15, -0.1) is 106 Å². The normalized spacial score (nSPS) is 10.3. The maximum Gasteiger partial charge on any atom is 3.00 e. The van der Waals surface area contributed by atoms with Crippen LogP contribution in [0.25, 0.3) is 67.2 Å². The zero-order valence-electron chi connectivity index (χ0n) is 35.5. The van der Waals surface area contributed by atoms with Crippen molar-refractivity contribution in [2.24, 2.45) is 0 Å². The first kappa shape index (κ1) is 44.0. The molecule has 0 radical (unpaired) electrons. The van der Waals surface area contributed by atoms with Crippen molar-refractivity contribution in [1.29, 1.82) is 0 Å². The van der Waals surface area contributed by atoms with Gasteiger partial charge in [-0.05, 0) is 110 Å². The van der Waals surface area contributed by atoms with Crippen molar-refractivity contribution in [3.05, 3.63) is 234 Å². The summed E-state index contributed by atoms with van der Waals surface area (Å²) >= 11 is 0. The molecule has 0 amide bonds. The number of benzene rings is 6. The Morgan fingerprint density at radius 3 is 0.885 bits per heavy atom. The first-order chi connectivity index (χ1) is 29.2. The summed E-state index contributed by atoms with van der Waals surface area (Å²) in [6.45, 7) is 12.8. The van der Waals surface area contributed by atoms with E-state index in [1.165, 1.54) is 66.8 Å². The molecule has 300 valence electrons. The summed E-state index contributed by atoms with van der Waals surface area (Å²) in [6.07, 6.45) is 5.44. The summed E-state index contributed by atoms with van der Waals surface area (Å²) in [5.41, 5.74) is 21.1. The molecule has 0 saturated heterocycles. The van der Waals surface area contributed by atoms with Gasteiger partial charge < -0.3 is 15.0 Å². The van der Waals surface area contributed by atoms with Gasteiger partial charge in [0.25, 0.3) is 0 Å². The van der Waals surface area contributed by atoms with E-state index in [0.717, 1.165) is 33.8 Å². The molecule has 3 aromatic heterocycles. The van der Waals surface area contributed by atoms with Crippen molar-refractivity contribution in [2.45, 2.75) is 41.5 Å². The summed E-state index contributed by atoms with van der Waals surface area (Å²) in [7, 11) is 0. The summed E-state index contributed by atoms with van der Waals surface area (Å²) in [6, 6.07) is 66.0. The van der Waals surface area contributed by atoms with Crippen LogP contribution in [0.15, 0.2) is 182 Å². The van der Waals surface area contributed by atoms with Crippen molar-refractivity contribution >= 4 is 0 Å². The predicted octanol–water partition coefficient (Wildman–Crippen LogP) is 14.5. The molecular weight excluding hydrogens is 919 g/mol. The van der Waals surface area contributed by atoms with Crippen LogP contribution in [0.3, 0.4) is 0 Å². The van der Waals surface area contributed by atoms with E-state index in [0.29, 0.717) is 0 Å². The third-order valence-electron chi connectivity index (χ3n) is 10.3. The van der Waals surface area contributed by atoms with Gasteiger partial charge in [0.2, 0.25) is 0 Å². The Kier molecular flexibility index (Phi) is 15.2. The van der Waals surface area contributed by atoms with Crippen LogP contribution in [0.4, 0.5) is 0 Å². The Morgan fingerprint density at radius 1 is 0.328 bits per heavy atom. The summed E-state index contributed by atoms with van der Waals surface area (Å²) in [5, 5.41) is 0. The minimum absolute atomic E-state index is 0. The molecule has 9 aromatic rings. The molecule has 0 spiro atoms. The molecule has 0 bridgehead atoms.